The van der Waals surface area contributed by atoms with E-state index in [4.69, 9.17) is 0 Å². The lowest BCUT2D eigenvalue weighted by Gasteiger charge is -2.21. The molecule has 0 unspecified atom stereocenters. The van der Waals surface area contributed by atoms with E-state index >= 15 is 0 Å². The fourth-order valence-corrected chi connectivity index (χ4v) is 7.96. The van der Waals surface area contributed by atoms with Crippen molar-refractivity contribution >= 4 is 32.6 Å². The van der Waals surface area contributed by atoms with E-state index in [0.29, 0.717) is 0 Å². The summed E-state index contributed by atoms with van der Waals surface area (Å²) < 4.78 is 2.39. The number of para-hydroxylation sites is 2. The van der Waals surface area contributed by atoms with Gasteiger partial charge in [0.25, 0.3) is 0 Å². The van der Waals surface area contributed by atoms with Gasteiger partial charge in [-0.25, -0.2) is 0 Å². The first-order chi connectivity index (χ1) is 23.3. The number of rotatable bonds is 4. The second-order valence-electron chi connectivity index (χ2n) is 12.5. The molecule has 0 fully saturated rings. The molecule has 1 nitrogen and oxygen atoms in total. The number of fused-ring (bicyclic) bond motifs is 6. The molecule has 1 heterocycles. The molecule has 0 radical (unpaired) electrons. The maximum atomic E-state index is 2.44. The molecule has 9 aromatic rings. The third-order valence-corrected chi connectivity index (χ3v) is 9.93. The van der Waals surface area contributed by atoms with Crippen LogP contribution >= 0.6 is 0 Å². The lowest BCUT2D eigenvalue weighted by molar-refractivity contribution is 1.18. The molecule has 0 bridgehead atoms. The van der Waals surface area contributed by atoms with E-state index in [1.165, 1.54) is 88.2 Å². The largest absolute Gasteiger partial charge is 0.309 e. The Hall–Kier alpha value is -6.18. The highest BCUT2D eigenvalue weighted by atomic mass is 15.0. The molecular weight excluding hydrogens is 567 g/mol. The zero-order chi connectivity index (χ0) is 30.9. The fourth-order valence-electron chi connectivity index (χ4n) is 7.96. The van der Waals surface area contributed by atoms with Gasteiger partial charge in [0.15, 0.2) is 0 Å². The normalized spacial score (nSPS) is 11.8. The Morgan fingerprint density at radius 1 is 0.319 bits per heavy atom. The molecule has 1 heteroatoms. The maximum Gasteiger partial charge on any atom is 0.0541 e. The van der Waals surface area contributed by atoms with Crippen molar-refractivity contribution in [3.8, 4) is 61.3 Å². The summed E-state index contributed by atoms with van der Waals surface area (Å²) in [5, 5.41) is 5.18. The smallest absolute Gasteiger partial charge is 0.0541 e. The van der Waals surface area contributed by atoms with E-state index in [-0.39, 0.29) is 0 Å². The Morgan fingerprint density at radius 2 is 0.830 bits per heavy atom. The van der Waals surface area contributed by atoms with Crippen LogP contribution in [0.25, 0.3) is 93.9 Å². The first-order valence-corrected chi connectivity index (χ1v) is 16.3. The molecule has 0 N–H and O–H groups in total. The Bertz CT molecular complexity index is 2580. The minimum Gasteiger partial charge on any atom is -0.309 e. The van der Waals surface area contributed by atoms with Crippen molar-refractivity contribution in [1.82, 2.24) is 4.57 Å². The SMILES string of the molecule is c1ccc(-c2cc(-c3ccc(-n4c5ccccc5c5ccccc54)cc3)c(-c3ccccc3)c3c2-c2cccc4cccc-3c24)cc1. The van der Waals surface area contributed by atoms with Gasteiger partial charge in [-0.2, -0.15) is 0 Å². The van der Waals surface area contributed by atoms with Crippen LogP contribution in [0, 0.1) is 0 Å². The van der Waals surface area contributed by atoms with Crippen LogP contribution in [-0.2, 0) is 0 Å². The highest BCUT2D eigenvalue weighted by Gasteiger charge is 2.30. The topological polar surface area (TPSA) is 4.93 Å². The van der Waals surface area contributed by atoms with Crippen LogP contribution in [-0.4, -0.2) is 4.57 Å². The molecule has 1 aliphatic rings. The van der Waals surface area contributed by atoms with Crippen LogP contribution in [0.2, 0.25) is 0 Å². The summed E-state index contributed by atoms with van der Waals surface area (Å²) in [6.07, 6.45) is 0. The van der Waals surface area contributed by atoms with Crippen molar-refractivity contribution in [2.45, 2.75) is 0 Å². The highest BCUT2D eigenvalue weighted by Crippen LogP contribution is 2.57. The second kappa shape index (κ2) is 10.2. The predicted molar refractivity (Wildman–Crippen MR) is 199 cm³/mol. The zero-order valence-electron chi connectivity index (χ0n) is 25.7. The van der Waals surface area contributed by atoms with E-state index in [9.17, 15) is 0 Å². The highest BCUT2D eigenvalue weighted by molar-refractivity contribution is 6.22. The Kier molecular flexibility index (Phi) is 5.64. The summed E-state index contributed by atoms with van der Waals surface area (Å²) in [5.74, 6) is 0. The van der Waals surface area contributed by atoms with E-state index in [1.807, 2.05) is 0 Å². The van der Waals surface area contributed by atoms with Gasteiger partial charge in [-0.3, -0.25) is 0 Å². The number of hydrogen-bond donors (Lipinski definition) is 0. The molecule has 10 rings (SSSR count). The molecule has 1 aliphatic carbocycles. The third-order valence-electron chi connectivity index (χ3n) is 9.93. The quantitative estimate of drug-likeness (QED) is 0.191. The number of hydrogen-bond acceptors (Lipinski definition) is 0. The van der Waals surface area contributed by atoms with Crippen molar-refractivity contribution in [2.24, 2.45) is 0 Å². The summed E-state index contributed by atoms with van der Waals surface area (Å²) in [6.45, 7) is 0. The van der Waals surface area contributed by atoms with E-state index < -0.39 is 0 Å². The van der Waals surface area contributed by atoms with Gasteiger partial charge in [0.1, 0.15) is 0 Å². The standard InChI is InChI=1S/C46H29N/c1-3-13-30(14-4-1)40-29-39(31-25-27-34(28-26-31)47-41-23-9-7-19-35(41)36-20-8-10-24-42(36)47)44(33-15-5-2-6-16-33)46-38-22-12-18-32-17-11-21-37(43(32)38)45(40)46/h1-29H. The lowest BCUT2D eigenvalue weighted by atomic mass is 9.82. The van der Waals surface area contributed by atoms with Crippen LogP contribution < -0.4 is 0 Å². The molecule has 0 spiro atoms. The van der Waals surface area contributed by atoms with Crippen LogP contribution in [0.1, 0.15) is 0 Å². The molecule has 0 saturated carbocycles. The van der Waals surface area contributed by atoms with Gasteiger partial charge in [-0.1, -0.05) is 146 Å². The molecule has 218 valence electrons. The van der Waals surface area contributed by atoms with Gasteiger partial charge in [-0.15, -0.1) is 0 Å². The minimum absolute atomic E-state index is 1.16. The molecular formula is C46H29N. The van der Waals surface area contributed by atoms with Gasteiger partial charge in [0.2, 0.25) is 0 Å². The number of benzene rings is 8. The van der Waals surface area contributed by atoms with E-state index in [2.05, 4.69) is 180 Å². The van der Waals surface area contributed by atoms with Crippen LogP contribution in [0.15, 0.2) is 176 Å². The summed E-state index contributed by atoms with van der Waals surface area (Å²) in [7, 11) is 0. The molecule has 0 atom stereocenters. The number of aromatic nitrogens is 1. The van der Waals surface area contributed by atoms with Crippen LogP contribution in [0.5, 0.6) is 0 Å². The van der Waals surface area contributed by atoms with Gasteiger partial charge in [-0.05, 0) is 96.7 Å². The predicted octanol–water partition coefficient (Wildman–Crippen LogP) is 12.6. The molecule has 0 aliphatic heterocycles. The zero-order valence-corrected chi connectivity index (χ0v) is 25.7. The molecule has 0 saturated heterocycles. The summed E-state index contributed by atoms with van der Waals surface area (Å²) in [5.41, 5.74) is 16.4. The van der Waals surface area contributed by atoms with Crippen molar-refractivity contribution in [3.05, 3.63) is 176 Å². The minimum atomic E-state index is 1.16. The molecule has 47 heavy (non-hydrogen) atoms. The first-order valence-electron chi connectivity index (χ1n) is 16.3. The van der Waals surface area contributed by atoms with Crippen LogP contribution in [0.4, 0.5) is 0 Å². The molecule has 8 aromatic carbocycles. The van der Waals surface area contributed by atoms with Crippen molar-refractivity contribution < 1.29 is 0 Å². The van der Waals surface area contributed by atoms with Gasteiger partial charge >= 0.3 is 0 Å². The average Bonchev–Trinajstić information content (AvgIpc) is 3.66. The Balaban J connectivity index is 1.27. The van der Waals surface area contributed by atoms with Crippen molar-refractivity contribution in [3.63, 3.8) is 0 Å². The van der Waals surface area contributed by atoms with E-state index in [0.717, 1.165) is 5.69 Å². The summed E-state index contributed by atoms with van der Waals surface area (Å²) >= 11 is 0. The van der Waals surface area contributed by atoms with E-state index in [1.54, 1.807) is 0 Å². The van der Waals surface area contributed by atoms with Crippen molar-refractivity contribution in [1.29, 1.82) is 0 Å². The second-order valence-corrected chi connectivity index (χ2v) is 12.5. The Morgan fingerprint density at radius 3 is 1.47 bits per heavy atom. The Labute approximate surface area is 273 Å². The van der Waals surface area contributed by atoms with Gasteiger partial charge < -0.3 is 4.57 Å². The molecule has 1 aromatic heterocycles. The fraction of sp³-hybridized carbons (Fsp3) is 0. The van der Waals surface area contributed by atoms with Crippen LogP contribution in [0.3, 0.4) is 0 Å². The van der Waals surface area contributed by atoms with Gasteiger partial charge in [0, 0.05) is 16.5 Å². The number of nitrogens with zero attached hydrogens (tertiary/aromatic N) is 1. The average molecular weight is 596 g/mol. The summed E-state index contributed by atoms with van der Waals surface area (Å²) in [4.78, 5) is 0. The first kappa shape index (κ1) is 26.1. The maximum absolute atomic E-state index is 2.44. The van der Waals surface area contributed by atoms with Gasteiger partial charge in [0.05, 0.1) is 11.0 Å². The summed E-state index contributed by atoms with van der Waals surface area (Å²) in [6, 6.07) is 64.4. The monoisotopic (exact) mass is 595 g/mol. The molecule has 0 amide bonds. The lowest BCUT2D eigenvalue weighted by Crippen LogP contribution is -1.96. The van der Waals surface area contributed by atoms with Crippen molar-refractivity contribution in [2.75, 3.05) is 0 Å². The third kappa shape index (κ3) is 3.84.